The van der Waals surface area contributed by atoms with E-state index >= 15 is 0 Å². The SMILES string of the molecule is Cc1nc(-c2ccc(Cl)c(Br)c2)co1. The van der Waals surface area contributed by atoms with Crippen LogP contribution < -0.4 is 0 Å². The van der Waals surface area contributed by atoms with Crippen molar-refractivity contribution in [2.24, 2.45) is 0 Å². The molecule has 1 aromatic carbocycles. The molecule has 0 fully saturated rings. The maximum Gasteiger partial charge on any atom is 0.191 e. The van der Waals surface area contributed by atoms with E-state index in [4.69, 9.17) is 16.0 Å². The summed E-state index contributed by atoms with van der Waals surface area (Å²) in [5.41, 5.74) is 1.80. The molecule has 0 bridgehead atoms. The Labute approximate surface area is 95.0 Å². The molecule has 0 amide bonds. The number of nitrogens with zero attached hydrogens (tertiary/aromatic N) is 1. The molecule has 2 nitrogen and oxygen atoms in total. The molecule has 0 saturated carbocycles. The number of hydrogen-bond donors (Lipinski definition) is 0. The van der Waals surface area contributed by atoms with E-state index < -0.39 is 0 Å². The maximum atomic E-state index is 5.88. The second kappa shape index (κ2) is 3.75. The van der Waals surface area contributed by atoms with Crippen molar-refractivity contribution in [1.82, 2.24) is 4.98 Å². The first-order valence-corrected chi connectivity index (χ1v) is 5.21. The third-order valence-corrected chi connectivity index (χ3v) is 3.05. The summed E-state index contributed by atoms with van der Waals surface area (Å²) in [6.45, 7) is 1.81. The summed E-state index contributed by atoms with van der Waals surface area (Å²) >= 11 is 9.24. The van der Waals surface area contributed by atoms with Gasteiger partial charge in [0.25, 0.3) is 0 Å². The van der Waals surface area contributed by atoms with E-state index in [1.807, 2.05) is 25.1 Å². The van der Waals surface area contributed by atoms with Gasteiger partial charge in [0, 0.05) is 17.0 Å². The van der Waals surface area contributed by atoms with Crippen molar-refractivity contribution in [3.05, 3.63) is 39.8 Å². The highest BCUT2D eigenvalue weighted by Gasteiger charge is 2.05. The van der Waals surface area contributed by atoms with Crippen LogP contribution in [0.2, 0.25) is 5.02 Å². The predicted molar refractivity (Wildman–Crippen MR) is 59.4 cm³/mol. The van der Waals surface area contributed by atoms with Crippen molar-refractivity contribution >= 4 is 27.5 Å². The van der Waals surface area contributed by atoms with Crippen LogP contribution in [0.5, 0.6) is 0 Å². The number of oxazole rings is 1. The van der Waals surface area contributed by atoms with Crippen LogP contribution in [0, 0.1) is 6.92 Å². The van der Waals surface area contributed by atoms with Gasteiger partial charge in [-0.25, -0.2) is 4.98 Å². The summed E-state index contributed by atoms with van der Waals surface area (Å²) in [5, 5.41) is 0.689. The Balaban J connectivity index is 2.47. The molecule has 0 aliphatic carbocycles. The molecule has 0 saturated heterocycles. The van der Waals surface area contributed by atoms with E-state index in [1.54, 1.807) is 6.26 Å². The topological polar surface area (TPSA) is 26.0 Å². The van der Waals surface area contributed by atoms with Crippen molar-refractivity contribution in [2.75, 3.05) is 0 Å². The standard InChI is InChI=1S/C10H7BrClNO/c1-6-13-10(5-14-6)7-2-3-9(12)8(11)4-7/h2-5H,1H3. The van der Waals surface area contributed by atoms with Crippen LogP contribution in [0.25, 0.3) is 11.3 Å². The van der Waals surface area contributed by atoms with Crippen LogP contribution >= 0.6 is 27.5 Å². The van der Waals surface area contributed by atoms with Gasteiger partial charge in [0.1, 0.15) is 12.0 Å². The zero-order chi connectivity index (χ0) is 10.1. The van der Waals surface area contributed by atoms with E-state index in [9.17, 15) is 0 Å². The molecule has 0 unspecified atom stereocenters. The van der Waals surface area contributed by atoms with Gasteiger partial charge in [-0.1, -0.05) is 17.7 Å². The van der Waals surface area contributed by atoms with Crippen LogP contribution in [0.3, 0.4) is 0 Å². The van der Waals surface area contributed by atoms with E-state index in [0.717, 1.165) is 15.7 Å². The van der Waals surface area contributed by atoms with Crippen molar-refractivity contribution in [3.63, 3.8) is 0 Å². The molecule has 0 N–H and O–H groups in total. The summed E-state index contributed by atoms with van der Waals surface area (Å²) in [6, 6.07) is 5.65. The fraction of sp³-hybridized carbons (Fsp3) is 0.100. The Kier molecular flexibility index (Phi) is 2.61. The summed E-state index contributed by atoms with van der Waals surface area (Å²) in [5.74, 6) is 0.658. The first kappa shape index (κ1) is 9.74. The number of benzene rings is 1. The Morgan fingerprint density at radius 2 is 2.21 bits per heavy atom. The average molecular weight is 273 g/mol. The molecule has 72 valence electrons. The number of rotatable bonds is 1. The largest absolute Gasteiger partial charge is 0.449 e. The number of halogens is 2. The fourth-order valence-corrected chi connectivity index (χ4v) is 1.65. The summed E-state index contributed by atoms with van der Waals surface area (Å²) in [6.07, 6.45) is 1.63. The van der Waals surface area contributed by atoms with Gasteiger partial charge < -0.3 is 4.42 Å². The number of aromatic nitrogens is 1. The van der Waals surface area contributed by atoms with Gasteiger partial charge in [-0.05, 0) is 28.1 Å². The van der Waals surface area contributed by atoms with Crippen molar-refractivity contribution in [3.8, 4) is 11.3 Å². The lowest BCUT2D eigenvalue weighted by molar-refractivity contribution is 0.521. The van der Waals surface area contributed by atoms with Crippen LogP contribution in [0.15, 0.2) is 33.4 Å². The predicted octanol–water partition coefficient (Wildman–Crippen LogP) is 4.07. The van der Waals surface area contributed by atoms with E-state index in [2.05, 4.69) is 20.9 Å². The molecule has 4 heteroatoms. The maximum absolute atomic E-state index is 5.88. The zero-order valence-corrected chi connectivity index (χ0v) is 9.76. The van der Waals surface area contributed by atoms with Gasteiger partial charge in [-0.3, -0.25) is 0 Å². The van der Waals surface area contributed by atoms with E-state index in [-0.39, 0.29) is 0 Å². The summed E-state index contributed by atoms with van der Waals surface area (Å²) < 4.78 is 5.99. The molecule has 1 aromatic heterocycles. The molecule has 2 aromatic rings. The molecule has 0 aliphatic heterocycles. The second-order valence-corrected chi connectivity index (χ2v) is 4.14. The highest BCUT2D eigenvalue weighted by Crippen LogP contribution is 2.28. The highest BCUT2D eigenvalue weighted by atomic mass is 79.9. The number of aryl methyl sites for hydroxylation is 1. The smallest absolute Gasteiger partial charge is 0.191 e. The van der Waals surface area contributed by atoms with E-state index in [1.165, 1.54) is 0 Å². The first-order chi connectivity index (χ1) is 6.66. The van der Waals surface area contributed by atoms with Crippen LogP contribution in [-0.2, 0) is 0 Å². The van der Waals surface area contributed by atoms with Gasteiger partial charge in [-0.15, -0.1) is 0 Å². The quantitative estimate of drug-likeness (QED) is 0.782. The van der Waals surface area contributed by atoms with Crippen molar-refractivity contribution in [1.29, 1.82) is 0 Å². The minimum Gasteiger partial charge on any atom is -0.449 e. The normalized spacial score (nSPS) is 10.5. The summed E-state index contributed by atoms with van der Waals surface area (Å²) in [7, 11) is 0. The molecular weight excluding hydrogens is 265 g/mol. The molecule has 1 heterocycles. The Morgan fingerprint density at radius 3 is 2.79 bits per heavy atom. The van der Waals surface area contributed by atoms with E-state index in [0.29, 0.717) is 10.9 Å². The van der Waals surface area contributed by atoms with Crippen LogP contribution in [0.4, 0.5) is 0 Å². The lowest BCUT2D eigenvalue weighted by Gasteiger charge is -1.98. The summed E-state index contributed by atoms with van der Waals surface area (Å²) in [4.78, 5) is 4.22. The Bertz CT molecular complexity index is 467. The minimum absolute atomic E-state index is 0.658. The third kappa shape index (κ3) is 1.83. The highest BCUT2D eigenvalue weighted by molar-refractivity contribution is 9.10. The second-order valence-electron chi connectivity index (χ2n) is 2.88. The average Bonchev–Trinajstić information content (AvgIpc) is 2.57. The molecule has 0 spiro atoms. The number of hydrogen-bond acceptors (Lipinski definition) is 2. The van der Waals surface area contributed by atoms with Gasteiger partial charge in [-0.2, -0.15) is 0 Å². The van der Waals surface area contributed by atoms with Crippen molar-refractivity contribution in [2.45, 2.75) is 6.92 Å². The van der Waals surface area contributed by atoms with Crippen molar-refractivity contribution < 1.29 is 4.42 Å². The molecule has 2 rings (SSSR count). The van der Waals surface area contributed by atoms with Gasteiger partial charge in [0.05, 0.1) is 5.02 Å². The van der Waals surface area contributed by atoms with Crippen LogP contribution in [0.1, 0.15) is 5.89 Å². The Morgan fingerprint density at radius 1 is 1.43 bits per heavy atom. The van der Waals surface area contributed by atoms with Gasteiger partial charge in [0.15, 0.2) is 5.89 Å². The fourth-order valence-electron chi connectivity index (χ4n) is 1.15. The molecule has 14 heavy (non-hydrogen) atoms. The first-order valence-electron chi connectivity index (χ1n) is 4.04. The van der Waals surface area contributed by atoms with Gasteiger partial charge in [0.2, 0.25) is 0 Å². The zero-order valence-electron chi connectivity index (χ0n) is 7.42. The molecule has 0 radical (unpaired) electrons. The lowest BCUT2D eigenvalue weighted by atomic mass is 10.2. The third-order valence-electron chi connectivity index (χ3n) is 1.83. The monoisotopic (exact) mass is 271 g/mol. The minimum atomic E-state index is 0.658. The van der Waals surface area contributed by atoms with Crippen LogP contribution in [-0.4, -0.2) is 4.98 Å². The molecule has 0 aliphatic rings. The molecule has 0 atom stereocenters. The lowest BCUT2D eigenvalue weighted by Crippen LogP contribution is -1.78. The Hall–Kier alpha value is -0.800. The van der Waals surface area contributed by atoms with Gasteiger partial charge >= 0.3 is 0 Å². The molecular formula is C10H7BrClNO.